The van der Waals surface area contributed by atoms with Crippen molar-refractivity contribution in [3.63, 3.8) is 0 Å². The van der Waals surface area contributed by atoms with Gasteiger partial charge in [-0.25, -0.2) is 4.98 Å². The van der Waals surface area contributed by atoms with E-state index in [0.717, 1.165) is 57.8 Å². The number of hydrogen-bond donors (Lipinski definition) is 1. The van der Waals surface area contributed by atoms with Crippen molar-refractivity contribution in [2.75, 3.05) is 20.0 Å². The molecular weight excluding hydrogens is 490 g/mol. The molecule has 202 valence electrons. The van der Waals surface area contributed by atoms with Gasteiger partial charge in [-0.1, -0.05) is 56.7 Å². The first kappa shape index (κ1) is 29.6. The van der Waals surface area contributed by atoms with Gasteiger partial charge in [0.1, 0.15) is 6.79 Å². The molecule has 0 fully saturated rings. The molecule has 0 aliphatic rings. The predicted molar refractivity (Wildman–Crippen MR) is 163 cm³/mol. The second kappa shape index (κ2) is 15.5. The summed E-state index contributed by atoms with van der Waals surface area (Å²) >= 11 is 1.76. The summed E-state index contributed by atoms with van der Waals surface area (Å²) in [5.74, 6) is 1.55. The number of ether oxygens (including phenoxy) is 2. The van der Waals surface area contributed by atoms with Crippen LogP contribution in [0.15, 0.2) is 78.2 Å². The van der Waals surface area contributed by atoms with Gasteiger partial charge in [0.2, 0.25) is 0 Å². The molecule has 0 aliphatic heterocycles. The van der Waals surface area contributed by atoms with Crippen molar-refractivity contribution in [1.29, 1.82) is 0 Å². The van der Waals surface area contributed by atoms with E-state index in [1.54, 1.807) is 18.1 Å². The highest BCUT2D eigenvalue weighted by Crippen LogP contribution is 2.29. The van der Waals surface area contributed by atoms with Crippen LogP contribution in [0.2, 0.25) is 0 Å². The Balaban J connectivity index is 1.59. The lowest BCUT2D eigenvalue weighted by molar-refractivity contribution is -0.0490. The van der Waals surface area contributed by atoms with Crippen molar-refractivity contribution < 1.29 is 9.47 Å². The quantitative estimate of drug-likeness (QED) is 0.121. The number of pyridine rings is 1. The van der Waals surface area contributed by atoms with Gasteiger partial charge >= 0.3 is 0 Å². The molecule has 3 aromatic rings. The van der Waals surface area contributed by atoms with E-state index in [1.807, 2.05) is 25.3 Å². The number of imidazole rings is 1. The number of thioether (sulfide) groups is 1. The molecule has 2 heterocycles. The normalized spacial score (nSPS) is 13.5. The highest BCUT2D eigenvalue weighted by Gasteiger charge is 2.11. The zero-order valence-corrected chi connectivity index (χ0v) is 24.2. The summed E-state index contributed by atoms with van der Waals surface area (Å²) in [5, 5.41) is 3.28. The third kappa shape index (κ3) is 9.43. The lowest BCUT2D eigenvalue weighted by Gasteiger charge is -2.09. The number of nitrogens with zero attached hydrogens (tertiary/aromatic N) is 2. The Hall–Kier alpha value is -2.93. The lowest BCUT2D eigenvalue weighted by Crippen LogP contribution is -2.06. The summed E-state index contributed by atoms with van der Waals surface area (Å²) in [5.41, 5.74) is 8.50. The van der Waals surface area contributed by atoms with E-state index in [9.17, 15) is 0 Å². The minimum absolute atomic E-state index is 0.349. The van der Waals surface area contributed by atoms with Crippen molar-refractivity contribution in [2.45, 2.75) is 53.2 Å². The van der Waals surface area contributed by atoms with Crippen LogP contribution in [0, 0.1) is 5.92 Å². The Bertz CT molecular complexity index is 1290. The zero-order valence-electron chi connectivity index (χ0n) is 23.4. The van der Waals surface area contributed by atoms with Crippen LogP contribution in [0.4, 0.5) is 0 Å². The molecule has 1 N–H and O–H groups in total. The lowest BCUT2D eigenvalue weighted by atomic mass is 10.0. The molecule has 3 rings (SSSR count). The van der Waals surface area contributed by atoms with Crippen molar-refractivity contribution in [3.05, 3.63) is 89.4 Å². The maximum absolute atomic E-state index is 5.64. The van der Waals surface area contributed by atoms with Gasteiger partial charge in [-0.15, -0.1) is 11.8 Å². The van der Waals surface area contributed by atoms with E-state index in [2.05, 4.69) is 85.0 Å². The highest BCUT2D eigenvalue weighted by atomic mass is 32.2. The molecule has 0 spiro atoms. The van der Waals surface area contributed by atoms with Crippen molar-refractivity contribution in [3.8, 4) is 11.3 Å². The molecule has 5 nitrogen and oxygen atoms in total. The van der Waals surface area contributed by atoms with Crippen LogP contribution >= 0.6 is 11.8 Å². The Morgan fingerprint density at radius 1 is 1.16 bits per heavy atom. The highest BCUT2D eigenvalue weighted by molar-refractivity contribution is 8.01. The van der Waals surface area contributed by atoms with Crippen molar-refractivity contribution in [1.82, 2.24) is 15.0 Å². The summed E-state index contributed by atoms with van der Waals surface area (Å²) < 4.78 is 11.2. The maximum Gasteiger partial charge on any atom is 0.147 e. The molecule has 2 aromatic heterocycles. The fourth-order valence-corrected chi connectivity index (χ4v) is 4.57. The minimum atomic E-state index is 0.349. The number of aromatic amines is 1. The van der Waals surface area contributed by atoms with Crippen LogP contribution in [0.5, 0.6) is 0 Å². The molecule has 0 radical (unpaired) electrons. The van der Waals surface area contributed by atoms with Crippen LogP contribution in [0.1, 0.15) is 58.7 Å². The van der Waals surface area contributed by atoms with Gasteiger partial charge in [-0.05, 0) is 73.4 Å². The van der Waals surface area contributed by atoms with Crippen LogP contribution in [0.3, 0.4) is 0 Å². The SMILES string of the molecule is C=C(C)/C=C\C=C(/C)c1nc[nH]c1-c1ccc2ncc(CS/C=C(\C)COCOCCC(C)CC)cc2c1. The van der Waals surface area contributed by atoms with Crippen molar-refractivity contribution in [2.24, 2.45) is 5.92 Å². The Morgan fingerprint density at radius 2 is 2.00 bits per heavy atom. The third-order valence-electron chi connectivity index (χ3n) is 6.25. The van der Waals surface area contributed by atoms with Gasteiger partial charge in [0.05, 0.1) is 29.8 Å². The van der Waals surface area contributed by atoms with Crippen LogP contribution in [-0.2, 0) is 15.2 Å². The van der Waals surface area contributed by atoms with Gasteiger partial charge in [0.25, 0.3) is 0 Å². The molecule has 0 amide bonds. The fraction of sp³-hybridized carbons (Fsp3) is 0.375. The Kier molecular flexibility index (Phi) is 12.1. The maximum atomic E-state index is 5.64. The average Bonchev–Trinajstić information content (AvgIpc) is 3.40. The Morgan fingerprint density at radius 3 is 2.79 bits per heavy atom. The summed E-state index contributed by atoms with van der Waals surface area (Å²) in [6.07, 6.45) is 12.0. The van der Waals surface area contributed by atoms with Gasteiger partial charge in [-0.2, -0.15) is 0 Å². The first-order chi connectivity index (χ1) is 18.4. The van der Waals surface area contributed by atoms with Gasteiger partial charge in [0.15, 0.2) is 0 Å². The number of rotatable bonds is 15. The molecule has 6 heteroatoms. The summed E-state index contributed by atoms with van der Waals surface area (Å²) in [6.45, 7) is 16.2. The molecule has 0 saturated carbocycles. The van der Waals surface area contributed by atoms with Crippen LogP contribution in [-0.4, -0.2) is 35.0 Å². The number of nitrogens with one attached hydrogen (secondary N) is 1. The molecule has 0 aliphatic carbocycles. The number of H-pyrrole nitrogens is 1. The topological polar surface area (TPSA) is 60.0 Å². The minimum Gasteiger partial charge on any atom is -0.355 e. The van der Waals surface area contributed by atoms with E-state index in [1.165, 1.54) is 17.6 Å². The molecular formula is C32H41N3O2S. The summed E-state index contributed by atoms with van der Waals surface area (Å²) in [7, 11) is 0. The van der Waals surface area contributed by atoms with E-state index >= 15 is 0 Å². The first-order valence-corrected chi connectivity index (χ1v) is 14.3. The largest absolute Gasteiger partial charge is 0.355 e. The van der Waals surface area contributed by atoms with Crippen molar-refractivity contribution >= 4 is 28.2 Å². The monoisotopic (exact) mass is 531 g/mol. The number of aromatic nitrogens is 3. The van der Waals surface area contributed by atoms with Crippen LogP contribution < -0.4 is 0 Å². The molecule has 38 heavy (non-hydrogen) atoms. The van der Waals surface area contributed by atoms with Gasteiger partial charge in [0, 0.05) is 29.5 Å². The predicted octanol–water partition coefficient (Wildman–Crippen LogP) is 8.72. The Labute approximate surface area is 232 Å². The summed E-state index contributed by atoms with van der Waals surface area (Å²) in [4.78, 5) is 12.6. The smallest absolute Gasteiger partial charge is 0.147 e. The van der Waals surface area contributed by atoms with E-state index in [0.29, 0.717) is 19.3 Å². The zero-order chi connectivity index (χ0) is 27.3. The number of fused-ring (bicyclic) bond motifs is 1. The standard InChI is InChI=1S/C32H41N3O2S/c1-7-24(4)13-14-36-22-37-18-25(5)19-38-20-27-15-29-16-28(11-12-30(29)33-17-27)32-31(34-21-35-32)26(6)10-8-9-23(2)3/h8-12,15-17,19,21,24H,2,7,13-14,18,20,22H2,1,3-6H3,(H,34,35)/b9-8-,25-19+,26-10+. The van der Waals surface area contributed by atoms with Gasteiger partial charge in [-0.3, -0.25) is 4.98 Å². The average molecular weight is 532 g/mol. The fourth-order valence-electron chi connectivity index (χ4n) is 3.78. The van der Waals surface area contributed by atoms with Gasteiger partial charge < -0.3 is 14.5 Å². The number of benzene rings is 1. The number of allylic oxidation sites excluding steroid dienone is 5. The van der Waals surface area contributed by atoms with E-state index in [-0.39, 0.29) is 0 Å². The number of hydrogen-bond acceptors (Lipinski definition) is 5. The molecule has 1 unspecified atom stereocenters. The third-order valence-corrected chi connectivity index (χ3v) is 7.32. The van der Waals surface area contributed by atoms with E-state index in [4.69, 9.17) is 9.47 Å². The van der Waals surface area contributed by atoms with Crippen LogP contribution in [0.25, 0.3) is 27.7 Å². The first-order valence-electron chi connectivity index (χ1n) is 13.2. The second-order valence-electron chi connectivity index (χ2n) is 9.88. The molecule has 1 atom stereocenters. The van der Waals surface area contributed by atoms with E-state index < -0.39 is 0 Å². The molecule has 0 bridgehead atoms. The summed E-state index contributed by atoms with van der Waals surface area (Å²) in [6, 6.07) is 8.56. The molecule has 1 aromatic carbocycles. The second-order valence-corrected chi connectivity index (χ2v) is 10.7. The molecule has 0 saturated heterocycles.